The number of benzene rings is 1. The maximum Gasteiger partial charge on any atom is 0.338 e. The Morgan fingerprint density at radius 3 is 1.86 bits per heavy atom. The molecule has 1 aromatic carbocycles. The van der Waals surface area contributed by atoms with Crippen molar-refractivity contribution in [1.29, 1.82) is 0 Å². The monoisotopic (exact) mass is 526 g/mol. The summed E-state index contributed by atoms with van der Waals surface area (Å²) in [4.78, 5) is 41.7. The second kappa shape index (κ2) is 11.0. The van der Waals surface area contributed by atoms with Gasteiger partial charge >= 0.3 is 17.9 Å². The van der Waals surface area contributed by atoms with Gasteiger partial charge in [-0.05, 0) is 58.0 Å². The second-order valence-electron chi connectivity index (χ2n) is 8.88. The third-order valence-corrected chi connectivity index (χ3v) is 8.66. The molecule has 0 fully saturated rings. The molecule has 1 aliphatic carbocycles. The van der Waals surface area contributed by atoms with Crippen molar-refractivity contribution in [3.63, 3.8) is 0 Å². The molecule has 190 valence electrons. The molecule has 0 saturated carbocycles. The Kier molecular flexibility index (Phi) is 7.95. The zero-order valence-corrected chi connectivity index (χ0v) is 22.6. The van der Waals surface area contributed by atoms with Crippen LogP contribution in [0.4, 0.5) is 0 Å². The highest BCUT2D eigenvalue weighted by molar-refractivity contribution is 7.14. The van der Waals surface area contributed by atoms with Crippen LogP contribution in [-0.4, -0.2) is 39.2 Å². The maximum absolute atomic E-state index is 13.4. The van der Waals surface area contributed by atoms with Gasteiger partial charge in [-0.15, -0.1) is 22.7 Å². The van der Waals surface area contributed by atoms with E-state index in [0.29, 0.717) is 12.0 Å². The molecule has 4 rings (SSSR count). The van der Waals surface area contributed by atoms with Crippen molar-refractivity contribution in [3.05, 3.63) is 57.3 Å². The third-order valence-electron chi connectivity index (χ3n) is 6.89. The molecule has 36 heavy (non-hydrogen) atoms. The first kappa shape index (κ1) is 26.1. The quantitative estimate of drug-likeness (QED) is 0.145. The molecule has 6 nitrogen and oxygen atoms in total. The van der Waals surface area contributed by atoms with Crippen LogP contribution in [0.15, 0.2) is 35.0 Å². The standard InChI is InChI=1S/C28H30O6S2/c1-5-6-7-10-17-22(20-11-8-13-35-20)18-15-28(26(30)33-3,27(31)34-4)16-19(18)23(21-12-9-14-36-21)24(17)25(29)32-2/h8-9,11-14H,5-7,10,15-16H2,1-4H3. The highest BCUT2D eigenvalue weighted by atomic mass is 32.1. The van der Waals surface area contributed by atoms with Crippen LogP contribution < -0.4 is 0 Å². The smallest absolute Gasteiger partial charge is 0.338 e. The van der Waals surface area contributed by atoms with Crippen LogP contribution in [0.3, 0.4) is 0 Å². The number of fused-ring (bicyclic) bond motifs is 1. The van der Waals surface area contributed by atoms with Crippen molar-refractivity contribution in [3.8, 4) is 20.9 Å². The van der Waals surface area contributed by atoms with Crippen molar-refractivity contribution in [2.24, 2.45) is 5.41 Å². The Bertz CT molecular complexity index is 1240. The first-order valence-electron chi connectivity index (χ1n) is 12.0. The highest BCUT2D eigenvalue weighted by Gasteiger charge is 2.54. The fraction of sp³-hybridized carbons (Fsp3) is 0.393. The van der Waals surface area contributed by atoms with Crippen LogP contribution >= 0.6 is 22.7 Å². The van der Waals surface area contributed by atoms with Crippen LogP contribution in [0.1, 0.15) is 53.2 Å². The lowest BCUT2D eigenvalue weighted by Crippen LogP contribution is -2.42. The zero-order chi connectivity index (χ0) is 25.9. The number of thiophene rings is 2. The number of esters is 3. The Labute approximate surface area is 219 Å². The molecule has 0 spiro atoms. The third kappa shape index (κ3) is 4.37. The number of hydrogen-bond acceptors (Lipinski definition) is 8. The van der Waals surface area contributed by atoms with Crippen LogP contribution in [0.5, 0.6) is 0 Å². The van der Waals surface area contributed by atoms with Gasteiger partial charge in [-0.25, -0.2) is 4.79 Å². The lowest BCUT2D eigenvalue weighted by Gasteiger charge is -2.22. The molecule has 1 aliphatic rings. The maximum atomic E-state index is 13.4. The van der Waals surface area contributed by atoms with E-state index in [-0.39, 0.29) is 12.8 Å². The van der Waals surface area contributed by atoms with Crippen LogP contribution in [0, 0.1) is 5.41 Å². The van der Waals surface area contributed by atoms with E-state index >= 15 is 0 Å². The first-order chi connectivity index (χ1) is 17.4. The highest BCUT2D eigenvalue weighted by Crippen LogP contribution is 2.52. The van der Waals surface area contributed by atoms with Crippen molar-refractivity contribution >= 4 is 40.6 Å². The summed E-state index contributed by atoms with van der Waals surface area (Å²) in [7, 11) is 3.96. The van der Waals surface area contributed by atoms with E-state index in [1.165, 1.54) is 32.7 Å². The van der Waals surface area contributed by atoms with Gasteiger partial charge in [0.1, 0.15) is 0 Å². The number of rotatable bonds is 9. The van der Waals surface area contributed by atoms with E-state index in [4.69, 9.17) is 14.2 Å². The van der Waals surface area contributed by atoms with Crippen molar-refractivity contribution in [2.45, 2.75) is 45.4 Å². The second-order valence-corrected chi connectivity index (χ2v) is 10.8. The number of hydrogen-bond donors (Lipinski definition) is 0. The SMILES string of the molecule is CCCCCc1c(C(=O)OC)c(-c2cccs2)c2c(c1-c1cccs1)CC(C(=O)OC)(C(=O)OC)C2. The Morgan fingerprint density at radius 1 is 0.833 bits per heavy atom. The largest absolute Gasteiger partial charge is 0.468 e. The van der Waals surface area contributed by atoms with Gasteiger partial charge < -0.3 is 14.2 Å². The summed E-state index contributed by atoms with van der Waals surface area (Å²) < 4.78 is 15.6. The van der Waals surface area contributed by atoms with Gasteiger partial charge in [0, 0.05) is 28.2 Å². The predicted octanol–water partition coefficient (Wildman–Crippen LogP) is 6.09. The fourth-order valence-corrected chi connectivity index (χ4v) is 6.90. The summed E-state index contributed by atoms with van der Waals surface area (Å²) in [6.45, 7) is 2.14. The molecule has 2 heterocycles. The van der Waals surface area contributed by atoms with Crippen LogP contribution in [-0.2, 0) is 43.1 Å². The number of carbonyl (C=O) groups is 3. The molecule has 0 N–H and O–H groups in total. The van der Waals surface area contributed by atoms with Gasteiger partial charge in [0.15, 0.2) is 5.41 Å². The van der Waals surface area contributed by atoms with Gasteiger partial charge in [-0.1, -0.05) is 31.9 Å². The van der Waals surface area contributed by atoms with Gasteiger partial charge in [0.25, 0.3) is 0 Å². The normalized spacial score (nSPS) is 13.8. The summed E-state index contributed by atoms with van der Waals surface area (Å²) in [5.41, 5.74) is 3.28. The summed E-state index contributed by atoms with van der Waals surface area (Å²) >= 11 is 3.09. The van der Waals surface area contributed by atoms with Gasteiger partial charge in [-0.3, -0.25) is 9.59 Å². The minimum Gasteiger partial charge on any atom is -0.468 e. The number of unbranched alkanes of at least 4 members (excludes halogenated alkanes) is 2. The van der Waals surface area contributed by atoms with Gasteiger partial charge in [-0.2, -0.15) is 0 Å². The average Bonchev–Trinajstić information content (AvgIpc) is 3.68. The number of methoxy groups -OCH3 is 3. The zero-order valence-electron chi connectivity index (χ0n) is 21.0. The molecule has 0 aliphatic heterocycles. The van der Waals surface area contributed by atoms with Crippen LogP contribution in [0.25, 0.3) is 20.9 Å². The number of ether oxygens (including phenoxy) is 3. The molecular formula is C28H30O6S2. The van der Waals surface area contributed by atoms with E-state index < -0.39 is 23.3 Å². The summed E-state index contributed by atoms with van der Waals surface area (Å²) in [5.74, 6) is -1.68. The molecule has 0 saturated heterocycles. The molecule has 0 bridgehead atoms. The van der Waals surface area contributed by atoms with Gasteiger partial charge in [0.05, 0.1) is 26.9 Å². The lowest BCUT2D eigenvalue weighted by molar-refractivity contribution is -0.168. The van der Waals surface area contributed by atoms with Crippen molar-refractivity contribution in [2.75, 3.05) is 21.3 Å². The summed E-state index contributed by atoms with van der Waals surface area (Å²) in [5, 5.41) is 3.95. The van der Waals surface area contributed by atoms with E-state index in [9.17, 15) is 14.4 Å². The lowest BCUT2D eigenvalue weighted by atomic mass is 9.84. The molecule has 0 unspecified atom stereocenters. The molecule has 3 aromatic rings. The van der Waals surface area contributed by atoms with E-state index in [2.05, 4.69) is 6.92 Å². The van der Waals surface area contributed by atoms with Crippen LogP contribution in [0.2, 0.25) is 0 Å². The topological polar surface area (TPSA) is 78.9 Å². The fourth-order valence-electron chi connectivity index (χ4n) is 5.27. The first-order valence-corrected chi connectivity index (χ1v) is 13.7. The minimum absolute atomic E-state index is 0.0898. The van der Waals surface area contributed by atoms with Gasteiger partial charge in [0.2, 0.25) is 0 Å². The van der Waals surface area contributed by atoms with E-state index in [1.54, 1.807) is 11.3 Å². The summed E-state index contributed by atoms with van der Waals surface area (Å²) in [6, 6.07) is 7.88. The van der Waals surface area contributed by atoms with E-state index in [0.717, 1.165) is 56.8 Å². The molecular weight excluding hydrogens is 496 g/mol. The summed E-state index contributed by atoms with van der Waals surface area (Å²) in [6.07, 6.45) is 3.88. The average molecular weight is 527 g/mol. The predicted molar refractivity (Wildman–Crippen MR) is 142 cm³/mol. The molecule has 0 radical (unpaired) electrons. The van der Waals surface area contributed by atoms with Crippen molar-refractivity contribution in [1.82, 2.24) is 0 Å². The molecule has 2 aromatic heterocycles. The number of carbonyl (C=O) groups excluding carboxylic acids is 3. The Balaban J connectivity index is 2.12. The molecule has 0 amide bonds. The Hall–Kier alpha value is -2.97. The minimum atomic E-state index is -1.51. The van der Waals surface area contributed by atoms with E-state index in [1.807, 2.05) is 35.0 Å². The van der Waals surface area contributed by atoms with Crippen molar-refractivity contribution < 1.29 is 28.6 Å². The molecule has 8 heteroatoms. The Morgan fingerprint density at radius 2 is 1.39 bits per heavy atom. The molecule has 0 atom stereocenters.